The van der Waals surface area contributed by atoms with E-state index in [-0.39, 0.29) is 0 Å². The highest BCUT2D eigenvalue weighted by molar-refractivity contribution is 8.05. The van der Waals surface area contributed by atoms with Crippen molar-refractivity contribution in [2.75, 3.05) is 14.2 Å². The Morgan fingerprint density at radius 1 is 1.30 bits per heavy atom. The van der Waals surface area contributed by atoms with E-state index in [1.54, 1.807) is 24.0 Å². The van der Waals surface area contributed by atoms with E-state index in [1.165, 1.54) is 20.3 Å². The van der Waals surface area contributed by atoms with Gasteiger partial charge in [0, 0.05) is 31.7 Å². The number of nitrogens with zero attached hydrogens (tertiary/aromatic N) is 2. The summed E-state index contributed by atoms with van der Waals surface area (Å²) in [6.45, 7) is 10.5. The summed E-state index contributed by atoms with van der Waals surface area (Å²) in [6.07, 6.45) is 8.98. The van der Waals surface area contributed by atoms with E-state index in [4.69, 9.17) is 4.74 Å². The van der Waals surface area contributed by atoms with Crippen molar-refractivity contribution in [1.29, 1.82) is 0 Å². The fourth-order valence-electron chi connectivity index (χ4n) is 2.79. The predicted molar refractivity (Wildman–Crippen MR) is 137 cm³/mol. The van der Waals surface area contributed by atoms with Gasteiger partial charge < -0.3 is 19.1 Å². The molecule has 1 atom stereocenters. The summed E-state index contributed by atoms with van der Waals surface area (Å²) in [6, 6.07) is 7.59. The predicted octanol–water partition coefficient (Wildman–Crippen LogP) is 5.88. The van der Waals surface area contributed by atoms with E-state index in [0.29, 0.717) is 12.1 Å². The number of methoxy groups -OCH3 is 2. The maximum absolute atomic E-state index is 11.4. The van der Waals surface area contributed by atoms with Crippen LogP contribution >= 0.6 is 11.8 Å². The van der Waals surface area contributed by atoms with Crippen LogP contribution in [0, 0.1) is 0 Å². The third-order valence-corrected chi connectivity index (χ3v) is 5.36. The van der Waals surface area contributed by atoms with Crippen LogP contribution in [0.4, 0.5) is 0 Å². The summed E-state index contributed by atoms with van der Waals surface area (Å²) in [4.78, 5) is 17.0. The van der Waals surface area contributed by atoms with Crippen LogP contribution in [0.2, 0.25) is 0 Å². The van der Waals surface area contributed by atoms with E-state index in [1.807, 2.05) is 49.6 Å². The highest BCUT2D eigenvalue weighted by Gasteiger charge is 2.10. The van der Waals surface area contributed by atoms with Crippen molar-refractivity contribution >= 4 is 23.8 Å². The second-order valence-electron chi connectivity index (χ2n) is 7.26. The quantitative estimate of drug-likeness (QED) is 0.250. The third kappa shape index (κ3) is 10.7. The molecule has 1 aromatic carbocycles. The summed E-state index contributed by atoms with van der Waals surface area (Å²) in [5.74, 6) is 0.586. The number of aromatic nitrogens is 2. The van der Waals surface area contributed by atoms with Crippen molar-refractivity contribution in [1.82, 2.24) is 9.55 Å². The molecule has 1 N–H and O–H groups in total. The summed E-state index contributed by atoms with van der Waals surface area (Å²) in [5, 5.41) is 11.7. The maximum Gasteiger partial charge on any atom is 0.330 e. The van der Waals surface area contributed by atoms with Crippen LogP contribution in [0.25, 0.3) is 6.08 Å². The lowest BCUT2D eigenvalue weighted by atomic mass is 10.1. The molecule has 0 aliphatic heterocycles. The van der Waals surface area contributed by atoms with Gasteiger partial charge in [0.2, 0.25) is 0 Å². The standard InChI is InChI=1S/C20H26N2O4.C6H10S/c1-4-5-6-18-21-13-17(11-12-19(23)25-2)22(18)14-15-7-9-16(10-8-15)20(24)26-3;1-4-5-7-6(2)3/h7-13,20,24H,4-6,14H2,1-3H3;4-5H,2H2,1,3H3/b12-11+;5-4-. The van der Waals surface area contributed by atoms with Crippen molar-refractivity contribution in [3.05, 3.63) is 82.2 Å². The Kier molecular flexibility index (Phi) is 13.8. The lowest BCUT2D eigenvalue weighted by Gasteiger charge is -2.12. The molecule has 2 rings (SSSR count). The van der Waals surface area contributed by atoms with Crippen LogP contribution in [-0.4, -0.2) is 34.8 Å². The number of esters is 1. The number of thioether (sulfide) groups is 1. The number of allylic oxidation sites excluding steroid dienone is 2. The minimum absolute atomic E-state index is 0.397. The SMILES string of the molecule is C=C(C)S/C=C\C.CCCCc1ncc(/C=C/C(=O)OC)n1Cc1ccc(C(O)OC)cc1. The van der Waals surface area contributed by atoms with Gasteiger partial charge in [0.1, 0.15) is 5.82 Å². The molecule has 0 saturated heterocycles. The van der Waals surface area contributed by atoms with E-state index in [2.05, 4.69) is 27.8 Å². The Bertz CT molecular complexity index is 917. The molecule has 1 heterocycles. The Balaban J connectivity index is 0.000000675. The monoisotopic (exact) mass is 472 g/mol. The van der Waals surface area contributed by atoms with Gasteiger partial charge in [-0.3, -0.25) is 0 Å². The minimum Gasteiger partial charge on any atom is -0.466 e. The van der Waals surface area contributed by atoms with Gasteiger partial charge >= 0.3 is 5.97 Å². The van der Waals surface area contributed by atoms with Gasteiger partial charge in [-0.1, -0.05) is 50.3 Å². The molecular weight excluding hydrogens is 436 g/mol. The number of aliphatic hydroxyl groups excluding tert-OH is 1. The molecule has 0 bridgehead atoms. The van der Waals surface area contributed by atoms with Gasteiger partial charge in [-0.25, -0.2) is 9.78 Å². The number of aryl methyl sites for hydroxylation is 1. The lowest BCUT2D eigenvalue weighted by Crippen LogP contribution is -2.08. The normalized spacial score (nSPS) is 11.9. The molecule has 0 fully saturated rings. The average molecular weight is 473 g/mol. The maximum atomic E-state index is 11.4. The number of carbonyl (C=O) groups is 1. The van der Waals surface area contributed by atoms with Crippen LogP contribution in [0.3, 0.4) is 0 Å². The van der Waals surface area contributed by atoms with E-state index in [0.717, 1.165) is 41.2 Å². The van der Waals surface area contributed by atoms with Crippen molar-refractivity contribution in [3.63, 3.8) is 0 Å². The molecule has 33 heavy (non-hydrogen) atoms. The molecule has 0 amide bonds. The smallest absolute Gasteiger partial charge is 0.330 e. The first-order valence-corrected chi connectivity index (χ1v) is 11.8. The van der Waals surface area contributed by atoms with Crippen molar-refractivity contribution in [2.45, 2.75) is 52.9 Å². The molecule has 0 saturated carbocycles. The molecular formula is C26H36N2O4S. The fourth-order valence-corrected chi connectivity index (χ4v) is 3.16. The highest BCUT2D eigenvalue weighted by atomic mass is 32.2. The summed E-state index contributed by atoms with van der Waals surface area (Å²) >= 11 is 1.66. The average Bonchev–Trinajstić information content (AvgIpc) is 3.21. The largest absolute Gasteiger partial charge is 0.466 e. The third-order valence-electron chi connectivity index (χ3n) is 4.55. The minimum atomic E-state index is -0.920. The van der Waals surface area contributed by atoms with Crippen molar-refractivity contribution in [3.8, 4) is 0 Å². The van der Waals surface area contributed by atoms with Crippen LogP contribution in [-0.2, 0) is 27.2 Å². The highest BCUT2D eigenvalue weighted by Crippen LogP contribution is 2.18. The van der Waals surface area contributed by atoms with Crippen molar-refractivity contribution in [2.24, 2.45) is 0 Å². The zero-order valence-electron chi connectivity index (χ0n) is 20.3. The number of hydrogen-bond acceptors (Lipinski definition) is 6. The van der Waals surface area contributed by atoms with Gasteiger partial charge in [-0.2, -0.15) is 0 Å². The molecule has 180 valence electrons. The second-order valence-corrected chi connectivity index (χ2v) is 8.47. The van der Waals surface area contributed by atoms with Gasteiger partial charge in [-0.15, -0.1) is 11.8 Å². The Morgan fingerprint density at radius 2 is 2.00 bits per heavy atom. The van der Waals surface area contributed by atoms with Gasteiger partial charge in [0.15, 0.2) is 6.29 Å². The Hall–Kier alpha value is -2.61. The van der Waals surface area contributed by atoms with Gasteiger partial charge in [-0.05, 0) is 42.2 Å². The van der Waals surface area contributed by atoms with Crippen molar-refractivity contribution < 1.29 is 19.4 Å². The molecule has 1 unspecified atom stereocenters. The van der Waals surface area contributed by atoms with Crippen LogP contribution in [0.1, 0.15) is 62.5 Å². The van der Waals surface area contributed by atoms with Gasteiger partial charge in [0.05, 0.1) is 19.0 Å². The first-order chi connectivity index (χ1) is 15.9. The zero-order valence-corrected chi connectivity index (χ0v) is 21.1. The molecule has 0 aliphatic rings. The van der Waals surface area contributed by atoms with Gasteiger partial charge in [0.25, 0.3) is 0 Å². The Morgan fingerprint density at radius 3 is 2.52 bits per heavy atom. The number of aliphatic hydroxyl groups is 1. The number of hydrogen-bond donors (Lipinski definition) is 1. The number of carbonyl (C=O) groups excluding carboxylic acids is 1. The van der Waals surface area contributed by atoms with E-state index in [9.17, 15) is 9.90 Å². The second kappa shape index (κ2) is 16.1. The van der Waals surface area contributed by atoms with Crippen LogP contribution in [0.5, 0.6) is 0 Å². The molecule has 2 aromatic rings. The topological polar surface area (TPSA) is 73.6 Å². The first kappa shape index (κ1) is 28.4. The molecule has 1 aromatic heterocycles. The number of imidazole rings is 1. The van der Waals surface area contributed by atoms with E-state index >= 15 is 0 Å². The first-order valence-electron chi connectivity index (χ1n) is 10.9. The van der Waals surface area contributed by atoms with E-state index < -0.39 is 12.3 Å². The van der Waals surface area contributed by atoms with Crippen LogP contribution in [0.15, 0.2) is 59.5 Å². The summed E-state index contributed by atoms with van der Waals surface area (Å²) in [7, 11) is 2.82. The number of unbranched alkanes of at least 4 members (excludes halogenated alkanes) is 1. The molecule has 7 heteroatoms. The summed E-state index contributed by atoms with van der Waals surface area (Å²) in [5.41, 5.74) is 2.63. The number of ether oxygens (including phenoxy) is 2. The summed E-state index contributed by atoms with van der Waals surface area (Å²) < 4.78 is 11.7. The number of rotatable bonds is 11. The molecule has 0 spiro atoms. The van der Waals surface area contributed by atoms with Crippen LogP contribution < -0.4 is 0 Å². The number of benzene rings is 1. The fraction of sp³-hybridized carbons (Fsp3) is 0.385. The zero-order chi connectivity index (χ0) is 24.6. The Labute approximate surface area is 202 Å². The molecule has 0 radical (unpaired) electrons. The molecule has 0 aliphatic carbocycles. The molecule has 6 nitrogen and oxygen atoms in total. The lowest BCUT2D eigenvalue weighted by molar-refractivity contribution is -0.134.